The summed E-state index contributed by atoms with van der Waals surface area (Å²) in [4.78, 5) is 59.4. The number of amides is 4. The van der Waals surface area contributed by atoms with Crippen molar-refractivity contribution in [2.45, 2.75) is 60.5 Å². The van der Waals surface area contributed by atoms with Crippen molar-refractivity contribution in [1.29, 1.82) is 0 Å². The Morgan fingerprint density at radius 3 is 2.20 bits per heavy atom. The lowest BCUT2D eigenvalue weighted by Gasteiger charge is -2.39. The van der Waals surface area contributed by atoms with Crippen LogP contribution in [0.25, 0.3) is 10.9 Å². The number of piperidine rings is 1. The summed E-state index contributed by atoms with van der Waals surface area (Å²) < 4.78 is 11.3. The van der Waals surface area contributed by atoms with Crippen LogP contribution in [-0.4, -0.2) is 91.4 Å². The minimum Gasteiger partial charge on any atom is -0.493 e. The number of rotatable bonds is 10. The van der Waals surface area contributed by atoms with Crippen LogP contribution in [0, 0.1) is 24.7 Å². The molecule has 11 nitrogen and oxygen atoms in total. The van der Waals surface area contributed by atoms with Gasteiger partial charge in [0.25, 0.3) is 11.8 Å². The van der Waals surface area contributed by atoms with Crippen molar-refractivity contribution in [3.8, 4) is 11.5 Å². The molecule has 1 aromatic heterocycles. The minimum atomic E-state index is -0.590. The number of H-pyrrole nitrogens is 1. The number of hydrogen-bond donors (Lipinski definition) is 3. The van der Waals surface area contributed by atoms with Crippen LogP contribution in [0.3, 0.4) is 0 Å². The average Bonchev–Trinajstić information content (AvgIpc) is 3.83. The van der Waals surface area contributed by atoms with E-state index in [9.17, 15) is 19.2 Å². The monoisotopic (exact) mass is 739 g/mol. The number of hydrogen-bond acceptors (Lipinski definition) is 6. The number of fused-ring (bicyclic) bond motifs is 2. The number of aromatic nitrogens is 1. The molecule has 0 bridgehead atoms. The first-order chi connectivity index (χ1) is 26.0. The van der Waals surface area contributed by atoms with Crippen LogP contribution in [0.4, 0.5) is 0 Å². The third-order valence-corrected chi connectivity index (χ3v) is 9.74. The number of carbonyl (C=O) groups excluding carboxylic acids is 4. The Morgan fingerprint density at radius 1 is 0.870 bits per heavy atom. The molecule has 4 amide bonds. The molecule has 0 radical (unpaired) electrons. The van der Waals surface area contributed by atoms with Crippen molar-refractivity contribution in [3.05, 3.63) is 95.2 Å². The minimum absolute atomic E-state index is 0.0531. The van der Waals surface area contributed by atoms with E-state index in [0.29, 0.717) is 42.4 Å². The number of carbonyl (C=O) groups is 4. The Hall–Kier alpha value is -5.32. The second-order valence-corrected chi connectivity index (χ2v) is 13.8. The fraction of sp³-hybridized carbons (Fsp3) is 0.442. The zero-order valence-electron chi connectivity index (χ0n) is 33.0. The number of benzene rings is 3. The summed E-state index contributed by atoms with van der Waals surface area (Å²) in [5, 5.41) is 6.17. The van der Waals surface area contributed by atoms with E-state index >= 15 is 0 Å². The number of nitrogens with zero attached hydrogens (tertiary/aromatic N) is 2. The lowest BCUT2D eigenvalue weighted by atomic mass is 9.79. The van der Waals surface area contributed by atoms with Crippen molar-refractivity contribution < 1.29 is 28.7 Å². The number of nitrogens with one attached hydrogen (secondary N) is 3. The van der Waals surface area contributed by atoms with Crippen LogP contribution < -0.4 is 20.1 Å². The number of ether oxygens (including phenoxy) is 2. The van der Waals surface area contributed by atoms with Crippen molar-refractivity contribution in [1.82, 2.24) is 25.4 Å². The molecule has 3 aromatic carbocycles. The Bertz CT molecular complexity index is 1870. The largest absolute Gasteiger partial charge is 0.493 e. The summed E-state index contributed by atoms with van der Waals surface area (Å²) >= 11 is 0. The van der Waals surface area contributed by atoms with Crippen LogP contribution in [0.1, 0.15) is 73.0 Å². The first kappa shape index (κ1) is 41.4. The van der Waals surface area contributed by atoms with Crippen molar-refractivity contribution in [2.75, 3.05) is 46.9 Å². The van der Waals surface area contributed by atoms with E-state index in [1.807, 2.05) is 58.9 Å². The molecule has 2 aliphatic rings. The van der Waals surface area contributed by atoms with Crippen LogP contribution >= 0.6 is 0 Å². The summed E-state index contributed by atoms with van der Waals surface area (Å²) in [6.07, 6.45) is 2.40. The van der Waals surface area contributed by atoms with Gasteiger partial charge in [0.1, 0.15) is 5.69 Å². The highest BCUT2D eigenvalue weighted by atomic mass is 16.5. The summed E-state index contributed by atoms with van der Waals surface area (Å²) in [6, 6.07) is 23.4. The SMILES string of the molecule is CC.CCCc1ccccc1.CNC(=O)CNC(=O)C1CN(C(=O)c2cc3cccc(C)c3[nH]2)CC2CN(C(=O)c3ccc(OC(C)C)c(OC)c3)CC21. The molecule has 11 heteroatoms. The molecule has 54 heavy (non-hydrogen) atoms. The molecule has 4 aromatic rings. The van der Waals surface area contributed by atoms with Gasteiger partial charge in [-0.15, -0.1) is 0 Å². The lowest BCUT2D eigenvalue weighted by Crippen LogP contribution is -2.53. The van der Waals surface area contributed by atoms with Gasteiger partial charge in [0.15, 0.2) is 11.5 Å². The molecule has 2 fully saturated rings. The highest BCUT2D eigenvalue weighted by Crippen LogP contribution is 2.38. The van der Waals surface area contributed by atoms with Crippen LogP contribution in [0.15, 0.2) is 72.8 Å². The Labute approximate surface area is 319 Å². The van der Waals surface area contributed by atoms with E-state index in [1.165, 1.54) is 32.6 Å². The van der Waals surface area contributed by atoms with Gasteiger partial charge in [-0.3, -0.25) is 19.2 Å². The first-order valence-electron chi connectivity index (χ1n) is 19.1. The normalized spacial score (nSPS) is 17.4. The van der Waals surface area contributed by atoms with E-state index in [1.54, 1.807) is 28.0 Å². The predicted octanol–water partition coefficient (Wildman–Crippen LogP) is 6.26. The number of likely N-dealkylation sites (N-methyl/N-ethyl adjacent to an activating group) is 1. The molecule has 2 saturated heterocycles. The first-order valence-corrected chi connectivity index (χ1v) is 19.1. The highest BCUT2D eigenvalue weighted by molar-refractivity contribution is 5.99. The number of likely N-dealkylation sites (tertiary alicyclic amines) is 2. The summed E-state index contributed by atoms with van der Waals surface area (Å²) in [5.41, 5.74) is 4.29. The molecule has 2 aliphatic heterocycles. The maximum absolute atomic E-state index is 13.8. The van der Waals surface area contributed by atoms with Gasteiger partial charge in [0, 0.05) is 49.7 Å². The van der Waals surface area contributed by atoms with Crippen molar-refractivity contribution in [3.63, 3.8) is 0 Å². The average molecular weight is 740 g/mol. The van der Waals surface area contributed by atoms with Gasteiger partial charge >= 0.3 is 0 Å². The quantitative estimate of drug-likeness (QED) is 0.176. The Morgan fingerprint density at radius 2 is 1.57 bits per heavy atom. The topological polar surface area (TPSA) is 133 Å². The zero-order chi connectivity index (χ0) is 39.4. The Balaban J connectivity index is 0.000000512. The standard InChI is InChI=1S/C32H39N5O6.C9H12.C2H6/c1-18(2)43-26-10-9-21(12-27(26)42-5)31(40)36-14-22-15-37(17-24(23(22)16-36)30(39)34-13-28(38)33-4)32(41)25-11-20-8-6-7-19(3)29(20)35-25;1-2-6-9-7-4-3-5-8-9;1-2/h6-12,18,22-24,35H,13-17H2,1-5H3,(H,33,38)(H,34,39);3-5,7-8H,2,6H2,1H3;1-2H3. The number of para-hydroxylation sites is 1. The molecule has 3 N–H and O–H groups in total. The molecule has 3 unspecified atom stereocenters. The molecular formula is C43H57N5O6. The molecule has 0 spiro atoms. The molecule has 3 atom stereocenters. The van der Waals surface area contributed by atoms with Gasteiger partial charge in [0.05, 0.1) is 25.7 Å². The fourth-order valence-corrected chi connectivity index (χ4v) is 7.13. The van der Waals surface area contributed by atoms with Crippen LogP contribution in [0.2, 0.25) is 0 Å². The van der Waals surface area contributed by atoms with Gasteiger partial charge in [-0.1, -0.05) is 75.7 Å². The lowest BCUT2D eigenvalue weighted by molar-refractivity contribution is -0.131. The van der Waals surface area contributed by atoms with Gasteiger partial charge in [-0.2, -0.15) is 0 Å². The molecule has 6 rings (SSSR count). The predicted molar refractivity (Wildman–Crippen MR) is 213 cm³/mol. The van der Waals surface area contributed by atoms with Gasteiger partial charge in [0.2, 0.25) is 11.8 Å². The van der Waals surface area contributed by atoms with Gasteiger partial charge < -0.3 is 34.9 Å². The molecule has 3 heterocycles. The number of aromatic amines is 1. The summed E-state index contributed by atoms with van der Waals surface area (Å²) in [5.74, 6) is -0.870. The van der Waals surface area contributed by atoms with Gasteiger partial charge in [-0.05, 0) is 74.4 Å². The summed E-state index contributed by atoms with van der Waals surface area (Å²) in [6.45, 7) is 13.2. The molecule has 0 saturated carbocycles. The van der Waals surface area contributed by atoms with Crippen molar-refractivity contribution in [2.24, 2.45) is 17.8 Å². The Kier molecular flexibility index (Phi) is 15.1. The van der Waals surface area contributed by atoms with E-state index < -0.39 is 5.92 Å². The van der Waals surface area contributed by atoms with E-state index in [2.05, 4.69) is 52.9 Å². The van der Waals surface area contributed by atoms with E-state index in [-0.39, 0.29) is 54.7 Å². The number of aryl methyl sites for hydroxylation is 2. The second-order valence-electron chi connectivity index (χ2n) is 13.8. The third-order valence-electron chi connectivity index (χ3n) is 9.74. The van der Waals surface area contributed by atoms with Crippen LogP contribution in [0.5, 0.6) is 11.5 Å². The maximum Gasteiger partial charge on any atom is 0.270 e. The highest BCUT2D eigenvalue weighted by Gasteiger charge is 2.48. The van der Waals surface area contributed by atoms with Gasteiger partial charge in [-0.25, -0.2) is 0 Å². The molecule has 0 aliphatic carbocycles. The smallest absolute Gasteiger partial charge is 0.270 e. The number of methoxy groups -OCH3 is 1. The zero-order valence-corrected chi connectivity index (χ0v) is 33.0. The van der Waals surface area contributed by atoms with Crippen molar-refractivity contribution >= 4 is 34.5 Å². The fourth-order valence-electron chi connectivity index (χ4n) is 7.13. The third kappa shape index (κ3) is 10.2. The second kappa shape index (κ2) is 19.7. The maximum atomic E-state index is 13.8. The van der Waals surface area contributed by atoms with E-state index in [0.717, 1.165) is 16.5 Å². The summed E-state index contributed by atoms with van der Waals surface area (Å²) in [7, 11) is 3.04. The van der Waals surface area contributed by atoms with Crippen LogP contribution in [-0.2, 0) is 16.0 Å². The molecule has 290 valence electrons. The molecular weight excluding hydrogens is 683 g/mol. The van der Waals surface area contributed by atoms with E-state index in [4.69, 9.17) is 9.47 Å².